The molecule has 20 heavy (non-hydrogen) atoms. The van der Waals surface area contributed by atoms with Crippen molar-refractivity contribution in [3.8, 4) is 0 Å². The smallest absolute Gasteiger partial charge is 0.227 e. The first-order chi connectivity index (χ1) is 9.61. The molecule has 0 aromatic heterocycles. The van der Waals surface area contributed by atoms with Crippen molar-refractivity contribution in [3.63, 3.8) is 0 Å². The number of rotatable bonds is 2. The summed E-state index contributed by atoms with van der Waals surface area (Å²) >= 11 is 0. The van der Waals surface area contributed by atoms with Gasteiger partial charge in [0.25, 0.3) is 0 Å². The van der Waals surface area contributed by atoms with Crippen molar-refractivity contribution in [2.75, 3.05) is 25.0 Å². The summed E-state index contributed by atoms with van der Waals surface area (Å²) in [6.07, 6.45) is 2.67. The van der Waals surface area contributed by atoms with Crippen LogP contribution in [0.5, 0.6) is 0 Å². The Morgan fingerprint density at radius 1 is 1.40 bits per heavy atom. The lowest BCUT2D eigenvalue weighted by molar-refractivity contribution is -0.119. The molecule has 3 heteroatoms. The second-order valence-corrected chi connectivity index (χ2v) is 6.30. The van der Waals surface area contributed by atoms with Gasteiger partial charge in [0.2, 0.25) is 5.91 Å². The molecule has 108 valence electrons. The van der Waals surface area contributed by atoms with Crippen molar-refractivity contribution in [2.24, 2.45) is 0 Å². The third-order valence-electron chi connectivity index (χ3n) is 4.69. The third kappa shape index (κ3) is 2.14. The highest BCUT2D eigenvalue weighted by molar-refractivity contribution is 5.96. The van der Waals surface area contributed by atoms with E-state index < -0.39 is 0 Å². The minimum absolute atomic E-state index is 0.301. The maximum Gasteiger partial charge on any atom is 0.227 e. The summed E-state index contributed by atoms with van der Waals surface area (Å²) in [5.41, 5.74) is 3.84. The Balaban J connectivity index is 2.01. The number of likely N-dealkylation sites (N-methyl/N-ethyl adjacent to an activating group) is 1. The molecule has 0 spiro atoms. The Hall–Kier alpha value is -1.35. The van der Waals surface area contributed by atoms with Crippen LogP contribution in [-0.4, -0.2) is 37.0 Å². The summed E-state index contributed by atoms with van der Waals surface area (Å²) < 4.78 is 0. The standard InChI is InChI=1S/C17H24N2O/c1-4-5-17(20)19-15-7-6-12(2)10-13(15)14-11-18(3)9-8-16(14)19/h6-7,10,14,16H,4-5,8-9,11H2,1-3H3/t14-,16+/m1/s1. The second kappa shape index (κ2) is 5.21. The normalized spacial score (nSPS) is 25.4. The number of amides is 1. The van der Waals surface area contributed by atoms with E-state index in [1.54, 1.807) is 0 Å². The summed E-state index contributed by atoms with van der Waals surface area (Å²) in [4.78, 5) is 17.0. The third-order valence-corrected chi connectivity index (χ3v) is 4.69. The lowest BCUT2D eigenvalue weighted by Gasteiger charge is -2.36. The van der Waals surface area contributed by atoms with E-state index in [2.05, 4.69) is 48.9 Å². The van der Waals surface area contributed by atoms with E-state index in [0.29, 0.717) is 24.3 Å². The molecule has 1 aromatic carbocycles. The number of anilines is 1. The van der Waals surface area contributed by atoms with Crippen molar-refractivity contribution >= 4 is 11.6 Å². The van der Waals surface area contributed by atoms with Crippen molar-refractivity contribution in [3.05, 3.63) is 29.3 Å². The van der Waals surface area contributed by atoms with E-state index >= 15 is 0 Å². The number of hydrogen-bond donors (Lipinski definition) is 0. The summed E-state index contributed by atoms with van der Waals surface area (Å²) in [5.74, 6) is 0.791. The molecule has 2 atom stereocenters. The van der Waals surface area contributed by atoms with E-state index in [1.165, 1.54) is 16.8 Å². The first-order valence-electron chi connectivity index (χ1n) is 7.73. The fraction of sp³-hybridized carbons (Fsp3) is 0.588. The average Bonchev–Trinajstić information content (AvgIpc) is 2.72. The number of nitrogens with zero attached hydrogens (tertiary/aromatic N) is 2. The zero-order valence-electron chi connectivity index (χ0n) is 12.7. The highest BCUT2D eigenvalue weighted by Gasteiger charge is 2.43. The molecule has 1 aromatic rings. The van der Waals surface area contributed by atoms with E-state index in [-0.39, 0.29) is 0 Å². The van der Waals surface area contributed by atoms with E-state index in [4.69, 9.17) is 0 Å². The summed E-state index contributed by atoms with van der Waals surface area (Å²) in [5, 5.41) is 0. The molecule has 1 saturated heterocycles. The van der Waals surface area contributed by atoms with Gasteiger partial charge in [-0.05, 0) is 45.0 Å². The van der Waals surface area contributed by atoms with Gasteiger partial charge in [0.15, 0.2) is 0 Å². The number of hydrogen-bond acceptors (Lipinski definition) is 2. The Labute approximate surface area is 121 Å². The van der Waals surface area contributed by atoms with Gasteiger partial charge in [-0.3, -0.25) is 4.79 Å². The SMILES string of the molecule is CCCC(=O)N1c2ccc(C)cc2[C@H]2CN(C)CC[C@@H]21. The summed E-state index contributed by atoms with van der Waals surface area (Å²) in [6.45, 7) is 6.37. The minimum Gasteiger partial charge on any atom is -0.308 e. The number of aryl methyl sites for hydroxylation is 1. The van der Waals surface area contributed by atoms with Crippen LogP contribution in [0, 0.1) is 6.92 Å². The van der Waals surface area contributed by atoms with Gasteiger partial charge >= 0.3 is 0 Å². The maximum absolute atomic E-state index is 12.5. The van der Waals surface area contributed by atoms with Gasteiger partial charge in [0.1, 0.15) is 0 Å². The van der Waals surface area contributed by atoms with Crippen LogP contribution < -0.4 is 4.90 Å². The second-order valence-electron chi connectivity index (χ2n) is 6.30. The monoisotopic (exact) mass is 272 g/mol. The fourth-order valence-electron chi connectivity index (χ4n) is 3.74. The number of carbonyl (C=O) groups is 1. The van der Waals surface area contributed by atoms with Gasteiger partial charge in [0.05, 0.1) is 0 Å². The van der Waals surface area contributed by atoms with Crippen LogP contribution >= 0.6 is 0 Å². The molecular formula is C17H24N2O. The van der Waals surface area contributed by atoms with Gasteiger partial charge in [-0.25, -0.2) is 0 Å². The van der Waals surface area contributed by atoms with Crippen LogP contribution in [-0.2, 0) is 4.79 Å². The van der Waals surface area contributed by atoms with E-state index in [0.717, 1.165) is 25.9 Å². The predicted molar refractivity (Wildman–Crippen MR) is 82.2 cm³/mol. The van der Waals surface area contributed by atoms with Crippen molar-refractivity contribution in [1.82, 2.24) is 4.90 Å². The van der Waals surface area contributed by atoms with E-state index in [1.807, 2.05) is 0 Å². The first kappa shape index (κ1) is 13.6. The highest BCUT2D eigenvalue weighted by Crippen LogP contribution is 2.45. The Kier molecular flexibility index (Phi) is 3.55. The quantitative estimate of drug-likeness (QED) is 0.826. The lowest BCUT2D eigenvalue weighted by Crippen LogP contribution is -2.47. The van der Waals surface area contributed by atoms with Crippen molar-refractivity contribution in [2.45, 2.75) is 45.1 Å². The molecule has 0 N–H and O–H groups in total. The molecule has 3 rings (SSSR count). The van der Waals surface area contributed by atoms with Gasteiger partial charge in [-0.15, -0.1) is 0 Å². The molecule has 0 saturated carbocycles. The number of likely N-dealkylation sites (tertiary alicyclic amines) is 1. The Bertz CT molecular complexity index is 526. The molecule has 1 fully saturated rings. The van der Waals surface area contributed by atoms with Gasteiger partial charge in [0, 0.05) is 30.6 Å². The molecule has 0 radical (unpaired) electrons. The predicted octanol–water partition coefficient (Wildman–Crippen LogP) is 2.93. The molecule has 2 heterocycles. The molecule has 2 aliphatic rings. The molecule has 2 aliphatic heterocycles. The molecule has 3 nitrogen and oxygen atoms in total. The number of fused-ring (bicyclic) bond motifs is 3. The van der Waals surface area contributed by atoms with E-state index in [9.17, 15) is 4.79 Å². The van der Waals surface area contributed by atoms with Crippen LogP contribution in [0.4, 0.5) is 5.69 Å². The number of piperidine rings is 1. The molecule has 0 aliphatic carbocycles. The number of carbonyl (C=O) groups excluding carboxylic acids is 1. The van der Waals surface area contributed by atoms with Gasteiger partial charge < -0.3 is 9.80 Å². The average molecular weight is 272 g/mol. The summed E-state index contributed by atoms with van der Waals surface area (Å²) in [6, 6.07) is 6.94. The van der Waals surface area contributed by atoms with Crippen LogP contribution in [0.25, 0.3) is 0 Å². The van der Waals surface area contributed by atoms with Crippen LogP contribution in [0.1, 0.15) is 43.2 Å². The zero-order valence-corrected chi connectivity index (χ0v) is 12.7. The highest BCUT2D eigenvalue weighted by atomic mass is 16.2. The molecule has 1 amide bonds. The topological polar surface area (TPSA) is 23.6 Å². The maximum atomic E-state index is 12.5. The zero-order chi connectivity index (χ0) is 14.3. The Morgan fingerprint density at radius 2 is 2.20 bits per heavy atom. The summed E-state index contributed by atoms with van der Waals surface area (Å²) in [7, 11) is 2.18. The van der Waals surface area contributed by atoms with Gasteiger partial charge in [-0.2, -0.15) is 0 Å². The van der Waals surface area contributed by atoms with Gasteiger partial charge in [-0.1, -0.05) is 24.6 Å². The lowest BCUT2D eigenvalue weighted by atomic mass is 9.89. The largest absolute Gasteiger partial charge is 0.308 e. The Morgan fingerprint density at radius 3 is 2.95 bits per heavy atom. The molecule has 0 bridgehead atoms. The molecule has 0 unspecified atom stereocenters. The number of benzene rings is 1. The van der Waals surface area contributed by atoms with Crippen molar-refractivity contribution in [1.29, 1.82) is 0 Å². The van der Waals surface area contributed by atoms with Crippen LogP contribution in [0.15, 0.2) is 18.2 Å². The first-order valence-corrected chi connectivity index (χ1v) is 7.73. The van der Waals surface area contributed by atoms with Crippen LogP contribution in [0.2, 0.25) is 0 Å². The molecular weight excluding hydrogens is 248 g/mol. The fourth-order valence-corrected chi connectivity index (χ4v) is 3.74. The minimum atomic E-state index is 0.301. The van der Waals surface area contributed by atoms with Crippen molar-refractivity contribution < 1.29 is 4.79 Å². The van der Waals surface area contributed by atoms with Crippen LogP contribution in [0.3, 0.4) is 0 Å².